The van der Waals surface area contributed by atoms with E-state index in [1.54, 1.807) is 0 Å². The number of imide groups is 1. The fraction of sp³-hybridized carbons (Fsp3) is 0.600. The third-order valence-corrected chi connectivity index (χ3v) is 2.26. The van der Waals surface area contributed by atoms with Crippen molar-refractivity contribution in [3.05, 3.63) is 6.92 Å². The molecule has 6 heteroatoms. The zero-order valence-electron chi connectivity index (χ0n) is 9.12. The molecule has 0 aromatic rings. The van der Waals surface area contributed by atoms with E-state index in [4.69, 9.17) is 0 Å². The van der Waals surface area contributed by atoms with Crippen molar-refractivity contribution in [1.82, 2.24) is 15.5 Å². The Morgan fingerprint density at radius 1 is 1.44 bits per heavy atom. The Kier molecular flexibility index (Phi) is 4.75. The normalized spacial score (nSPS) is 15.9. The number of nitrogens with zero attached hydrogens (tertiary/aromatic N) is 1. The van der Waals surface area contributed by atoms with Gasteiger partial charge in [-0.05, 0) is 6.42 Å². The molecule has 1 heterocycles. The Bertz CT molecular complexity index is 291. The summed E-state index contributed by atoms with van der Waals surface area (Å²) in [5.74, 6) is -1.51. The summed E-state index contributed by atoms with van der Waals surface area (Å²) in [6.45, 7) is 4.73. The zero-order chi connectivity index (χ0) is 12.0. The van der Waals surface area contributed by atoms with E-state index >= 15 is 0 Å². The molecule has 0 aliphatic carbocycles. The molecule has 0 aromatic carbocycles. The average molecular weight is 226 g/mol. The van der Waals surface area contributed by atoms with Gasteiger partial charge in [-0.25, -0.2) is 4.79 Å². The first-order valence-electron chi connectivity index (χ1n) is 5.33. The molecule has 1 aliphatic heterocycles. The van der Waals surface area contributed by atoms with Crippen LogP contribution in [0.5, 0.6) is 0 Å². The summed E-state index contributed by atoms with van der Waals surface area (Å²) in [5.41, 5.74) is 0. The summed E-state index contributed by atoms with van der Waals surface area (Å²) in [4.78, 5) is 34.7. The van der Waals surface area contributed by atoms with Gasteiger partial charge in [0.25, 0.3) is 0 Å². The number of amides is 4. The van der Waals surface area contributed by atoms with Crippen molar-refractivity contribution >= 4 is 17.8 Å². The molecule has 0 unspecified atom stereocenters. The van der Waals surface area contributed by atoms with Gasteiger partial charge in [-0.2, -0.15) is 0 Å². The zero-order valence-corrected chi connectivity index (χ0v) is 9.12. The summed E-state index contributed by atoms with van der Waals surface area (Å²) < 4.78 is 0. The van der Waals surface area contributed by atoms with Crippen LogP contribution in [0.3, 0.4) is 0 Å². The maximum atomic E-state index is 11.5. The van der Waals surface area contributed by atoms with Crippen LogP contribution in [0.1, 0.15) is 19.3 Å². The molecule has 6 nitrogen and oxygen atoms in total. The SMILES string of the molecule is [CH2]CCCCNC(=O)N1CCNC(=O)C1=O. The smallest absolute Gasteiger partial charge is 0.324 e. The Hall–Kier alpha value is -1.59. The van der Waals surface area contributed by atoms with Gasteiger partial charge in [-0.1, -0.05) is 19.8 Å². The Morgan fingerprint density at radius 2 is 2.19 bits per heavy atom. The largest absolute Gasteiger partial charge is 0.346 e. The van der Waals surface area contributed by atoms with E-state index in [0.29, 0.717) is 13.1 Å². The molecule has 89 valence electrons. The van der Waals surface area contributed by atoms with E-state index in [1.165, 1.54) is 0 Å². The van der Waals surface area contributed by atoms with Crippen molar-refractivity contribution < 1.29 is 14.4 Å². The predicted octanol–water partition coefficient (Wildman–Crippen LogP) is -0.341. The molecule has 16 heavy (non-hydrogen) atoms. The molecule has 1 aliphatic rings. The van der Waals surface area contributed by atoms with Gasteiger partial charge in [0.1, 0.15) is 0 Å². The summed E-state index contributed by atoms with van der Waals surface area (Å²) in [6.07, 6.45) is 2.57. The van der Waals surface area contributed by atoms with E-state index in [9.17, 15) is 14.4 Å². The molecule has 0 saturated carbocycles. The lowest BCUT2D eigenvalue weighted by atomic mass is 10.2. The standard InChI is InChI=1S/C10H16N3O3/c1-2-3-4-5-12-10(16)13-7-6-11-8(14)9(13)15/h1-7H2,(H,11,14)(H,12,16). The molecule has 0 atom stereocenters. The second-order valence-electron chi connectivity index (χ2n) is 3.51. The maximum absolute atomic E-state index is 11.5. The molecule has 4 amide bonds. The summed E-state index contributed by atoms with van der Waals surface area (Å²) in [7, 11) is 0. The molecule has 0 bridgehead atoms. The molecule has 1 fully saturated rings. The maximum Gasteiger partial charge on any atom is 0.324 e. The molecular formula is C10H16N3O3. The fourth-order valence-electron chi connectivity index (χ4n) is 1.37. The van der Waals surface area contributed by atoms with Crippen LogP contribution < -0.4 is 10.6 Å². The highest BCUT2D eigenvalue weighted by Crippen LogP contribution is 1.97. The third-order valence-electron chi connectivity index (χ3n) is 2.26. The molecule has 0 spiro atoms. The number of hydrogen-bond donors (Lipinski definition) is 2. The number of urea groups is 1. The lowest BCUT2D eigenvalue weighted by Gasteiger charge is -2.24. The van der Waals surface area contributed by atoms with Crippen LogP contribution in [-0.4, -0.2) is 42.4 Å². The number of rotatable bonds is 4. The van der Waals surface area contributed by atoms with Crippen LogP contribution in [0.25, 0.3) is 0 Å². The van der Waals surface area contributed by atoms with Crippen molar-refractivity contribution in [2.75, 3.05) is 19.6 Å². The van der Waals surface area contributed by atoms with Gasteiger partial charge in [0, 0.05) is 19.6 Å². The first kappa shape index (κ1) is 12.5. The number of unbranched alkanes of at least 4 members (excludes halogenated alkanes) is 2. The highest BCUT2D eigenvalue weighted by atomic mass is 16.2. The molecule has 1 saturated heterocycles. The first-order valence-corrected chi connectivity index (χ1v) is 5.33. The second-order valence-corrected chi connectivity index (χ2v) is 3.51. The van der Waals surface area contributed by atoms with E-state index in [0.717, 1.165) is 24.2 Å². The minimum absolute atomic E-state index is 0.228. The number of nitrogens with one attached hydrogen (secondary N) is 2. The van der Waals surface area contributed by atoms with E-state index < -0.39 is 17.8 Å². The van der Waals surface area contributed by atoms with Gasteiger partial charge in [0.05, 0.1) is 0 Å². The number of piperazine rings is 1. The lowest BCUT2D eigenvalue weighted by Crippen LogP contribution is -2.56. The molecule has 1 radical (unpaired) electrons. The van der Waals surface area contributed by atoms with Crippen molar-refractivity contribution in [3.8, 4) is 0 Å². The van der Waals surface area contributed by atoms with Gasteiger partial charge in [-0.3, -0.25) is 14.5 Å². The Balaban J connectivity index is 2.35. The monoisotopic (exact) mass is 226 g/mol. The number of hydrogen-bond acceptors (Lipinski definition) is 3. The molecule has 2 N–H and O–H groups in total. The fourth-order valence-corrected chi connectivity index (χ4v) is 1.37. The highest BCUT2D eigenvalue weighted by molar-refractivity contribution is 6.38. The minimum Gasteiger partial charge on any atom is -0.346 e. The molecule has 0 aromatic heterocycles. The van der Waals surface area contributed by atoms with Crippen LogP contribution in [0.2, 0.25) is 0 Å². The lowest BCUT2D eigenvalue weighted by molar-refractivity contribution is -0.145. The van der Waals surface area contributed by atoms with Gasteiger partial charge in [0.15, 0.2) is 0 Å². The highest BCUT2D eigenvalue weighted by Gasteiger charge is 2.30. The summed E-state index contributed by atoms with van der Waals surface area (Å²) >= 11 is 0. The number of carbonyl (C=O) groups excluding carboxylic acids is 3. The van der Waals surface area contributed by atoms with Crippen LogP contribution in [-0.2, 0) is 9.59 Å². The predicted molar refractivity (Wildman–Crippen MR) is 57.3 cm³/mol. The first-order chi connectivity index (χ1) is 7.66. The van der Waals surface area contributed by atoms with Gasteiger partial charge < -0.3 is 10.6 Å². The Morgan fingerprint density at radius 3 is 2.88 bits per heavy atom. The molecular weight excluding hydrogens is 210 g/mol. The summed E-state index contributed by atoms with van der Waals surface area (Å²) in [6, 6.07) is -0.496. The van der Waals surface area contributed by atoms with E-state index in [2.05, 4.69) is 17.6 Å². The van der Waals surface area contributed by atoms with Crippen molar-refractivity contribution in [1.29, 1.82) is 0 Å². The number of carbonyl (C=O) groups is 3. The van der Waals surface area contributed by atoms with E-state index in [1.807, 2.05) is 0 Å². The van der Waals surface area contributed by atoms with Gasteiger partial charge >= 0.3 is 17.8 Å². The average Bonchev–Trinajstić information content (AvgIpc) is 2.28. The van der Waals surface area contributed by atoms with Crippen molar-refractivity contribution in [3.63, 3.8) is 0 Å². The van der Waals surface area contributed by atoms with Crippen LogP contribution in [0, 0.1) is 6.92 Å². The van der Waals surface area contributed by atoms with Crippen molar-refractivity contribution in [2.45, 2.75) is 19.3 Å². The molecule has 1 rings (SSSR count). The third kappa shape index (κ3) is 3.22. The Labute approximate surface area is 94.4 Å². The minimum atomic E-state index is -0.791. The second kappa shape index (κ2) is 6.09. The topological polar surface area (TPSA) is 78.5 Å². The summed E-state index contributed by atoms with van der Waals surface area (Å²) in [5, 5.41) is 4.97. The van der Waals surface area contributed by atoms with E-state index in [-0.39, 0.29) is 6.54 Å². The van der Waals surface area contributed by atoms with Crippen LogP contribution in [0.15, 0.2) is 0 Å². The van der Waals surface area contributed by atoms with Crippen LogP contribution in [0.4, 0.5) is 4.79 Å². The van der Waals surface area contributed by atoms with Crippen molar-refractivity contribution in [2.24, 2.45) is 0 Å². The van der Waals surface area contributed by atoms with Gasteiger partial charge in [0.2, 0.25) is 0 Å². The van der Waals surface area contributed by atoms with Gasteiger partial charge in [-0.15, -0.1) is 0 Å². The quantitative estimate of drug-likeness (QED) is 0.508. The van der Waals surface area contributed by atoms with Crippen LogP contribution >= 0.6 is 0 Å².